The Balaban J connectivity index is 2.51. The van der Waals surface area contributed by atoms with Crippen molar-refractivity contribution in [2.75, 3.05) is 0 Å². The van der Waals surface area contributed by atoms with Crippen LogP contribution in [0.25, 0.3) is 21.5 Å². The van der Waals surface area contributed by atoms with Gasteiger partial charge in [-0.25, -0.2) is 0 Å². The molecular weight excluding hydrogens is 271 g/mol. The molecule has 0 atom stereocenters. The lowest BCUT2D eigenvalue weighted by Crippen LogP contribution is -1.80. The van der Waals surface area contributed by atoms with E-state index in [0.29, 0.717) is 20.8 Å². The molecule has 0 aliphatic rings. The molecule has 0 fully saturated rings. The van der Waals surface area contributed by atoms with Gasteiger partial charge in [-0.1, -0.05) is 23.2 Å². The minimum atomic E-state index is 0.121. The monoisotopic (exact) mass is 278 g/mol. The van der Waals surface area contributed by atoms with Crippen molar-refractivity contribution in [1.82, 2.24) is 0 Å². The van der Waals surface area contributed by atoms with E-state index in [1.807, 2.05) is 0 Å². The van der Waals surface area contributed by atoms with Gasteiger partial charge in [-0.15, -0.1) is 0 Å². The predicted molar refractivity (Wildman–Crippen MR) is 74.8 cm³/mol. The Morgan fingerprint density at radius 2 is 1.06 bits per heavy atom. The van der Waals surface area contributed by atoms with E-state index < -0.39 is 0 Å². The minimum absolute atomic E-state index is 0.121. The largest absolute Gasteiger partial charge is 0.507 e. The second-order valence-electron chi connectivity index (χ2n) is 4.12. The van der Waals surface area contributed by atoms with E-state index in [1.165, 1.54) is 12.1 Å². The second kappa shape index (κ2) is 3.94. The van der Waals surface area contributed by atoms with Crippen LogP contribution in [0.1, 0.15) is 0 Å². The van der Waals surface area contributed by atoms with Crippen LogP contribution in [0, 0.1) is 0 Å². The number of rotatable bonds is 0. The van der Waals surface area contributed by atoms with Gasteiger partial charge in [0.05, 0.1) is 10.0 Å². The van der Waals surface area contributed by atoms with E-state index >= 15 is 0 Å². The van der Waals surface area contributed by atoms with Gasteiger partial charge in [0, 0.05) is 10.8 Å². The Morgan fingerprint density at radius 1 is 0.667 bits per heavy atom. The van der Waals surface area contributed by atoms with Crippen molar-refractivity contribution in [2.45, 2.75) is 0 Å². The van der Waals surface area contributed by atoms with Crippen LogP contribution < -0.4 is 0 Å². The number of hydrogen-bond donors (Lipinski definition) is 2. The number of phenolic OH excluding ortho intramolecular Hbond substituents is 2. The van der Waals surface area contributed by atoms with Crippen molar-refractivity contribution in [1.29, 1.82) is 0 Å². The number of benzene rings is 3. The van der Waals surface area contributed by atoms with Gasteiger partial charge in [-0.3, -0.25) is 0 Å². The maximum absolute atomic E-state index is 9.81. The first-order valence-corrected chi connectivity index (χ1v) is 6.05. The van der Waals surface area contributed by atoms with Crippen molar-refractivity contribution in [3.8, 4) is 11.5 Å². The third kappa shape index (κ3) is 1.65. The number of aromatic hydroxyl groups is 2. The van der Waals surface area contributed by atoms with Crippen LogP contribution in [-0.4, -0.2) is 10.2 Å². The van der Waals surface area contributed by atoms with E-state index in [-0.39, 0.29) is 11.5 Å². The second-order valence-corrected chi connectivity index (χ2v) is 4.93. The van der Waals surface area contributed by atoms with Crippen LogP contribution in [0.4, 0.5) is 0 Å². The van der Waals surface area contributed by atoms with Crippen LogP contribution in [-0.2, 0) is 0 Å². The zero-order chi connectivity index (χ0) is 12.9. The Morgan fingerprint density at radius 3 is 1.44 bits per heavy atom. The zero-order valence-electron chi connectivity index (χ0n) is 9.11. The Bertz CT molecular complexity index is 716. The highest BCUT2D eigenvalue weighted by Gasteiger charge is 2.08. The maximum Gasteiger partial charge on any atom is 0.123 e. The zero-order valence-corrected chi connectivity index (χ0v) is 10.6. The van der Waals surface area contributed by atoms with Gasteiger partial charge in [0.2, 0.25) is 0 Å². The van der Waals surface area contributed by atoms with E-state index in [1.54, 1.807) is 24.3 Å². The van der Waals surface area contributed by atoms with Gasteiger partial charge < -0.3 is 10.2 Å². The van der Waals surface area contributed by atoms with E-state index in [2.05, 4.69) is 0 Å². The quantitative estimate of drug-likeness (QED) is 0.462. The van der Waals surface area contributed by atoms with Gasteiger partial charge in [0.25, 0.3) is 0 Å². The lowest BCUT2D eigenvalue weighted by Gasteiger charge is -2.07. The summed E-state index contributed by atoms with van der Waals surface area (Å²) in [6.45, 7) is 0. The normalized spacial score (nSPS) is 11.2. The molecule has 0 spiro atoms. The highest BCUT2D eigenvalue weighted by molar-refractivity contribution is 6.42. The highest BCUT2D eigenvalue weighted by Crippen LogP contribution is 2.37. The lowest BCUT2D eigenvalue weighted by atomic mass is 10.0. The molecular formula is C14H8Cl2O2. The fraction of sp³-hybridized carbons (Fsp3) is 0. The molecule has 0 bridgehead atoms. The first kappa shape index (κ1) is 11.5. The average Bonchev–Trinajstić information content (AvgIpc) is 2.34. The third-order valence-electron chi connectivity index (χ3n) is 2.97. The molecule has 3 rings (SSSR count). The van der Waals surface area contributed by atoms with Crippen molar-refractivity contribution >= 4 is 44.7 Å². The standard InChI is InChI=1S/C14H8Cl2O2/c15-11-5-7-3-9-10(4-8(7)6-12(11)16)14(18)2-1-13(9)17/h1-6,17-18H. The maximum atomic E-state index is 9.81. The summed E-state index contributed by atoms with van der Waals surface area (Å²) in [6.07, 6.45) is 0. The molecule has 2 nitrogen and oxygen atoms in total. The molecule has 3 aromatic carbocycles. The average molecular weight is 279 g/mol. The smallest absolute Gasteiger partial charge is 0.123 e. The summed E-state index contributed by atoms with van der Waals surface area (Å²) in [4.78, 5) is 0. The molecule has 4 heteroatoms. The fourth-order valence-electron chi connectivity index (χ4n) is 2.06. The highest BCUT2D eigenvalue weighted by atomic mass is 35.5. The molecule has 0 unspecified atom stereocenters. The van der Waals surface area contributed by atoms with Crippen LogP contribution in [0.15, 0.2) is 36.4 Å². The lowest BCUT2D eigenvalue weighted by molar-refractivity contribution is 0.469. The van der Waals surface area contributed by atoms with Gasteiger partial charge in [-0.2, -0.15) is 0 Å². The molecule has 0 aliphatic carbocycles. The number of phenols is 2. The Hall–Kier alpha value is -1.64. The summed E-state index contributed by atoms with van der Waals surface area (Å²) in [5.74, 6) is 0.242. The molecule has 90 valence electrons. The molecule has 0 aliphatic heterocycles. The van der Waals surface area contributed by atoms with Gasteiger partial charge in [-0.05, 0) is 47.2 Å². The van der Waals surface area contributed by atoms with Crippen LogP contribution >= 0.6 is 23.2 Å². The summed E-state index contributed by atoms with van der Waals surface area (Å²) in [6, 6.07) is 9.95. The van der Waals surface area contributed by atoms with E-state index in [0.717, 1.165) is 10.8 Å². The van der Waals surface area contributed by atoms with Gasteiger partial charge >= 0.3 is 0 Å². The van der Waals surface area contributed by atoms with Crippen molar-refractivity contribution < 1.29 is 10.2 Å². The SMILES string of the molecule is Oc1ccc(O)c2cc3cc(Cl)c(Cl)cc3cc12. The van der Waals surface area contributed by atoms with Crippen LogP contribution in [0.3, 0.4) is 0 Å². The van der Waals surface area contributed by atoms with Crippen LogP contribution in [0.5, 0.6) is 11.5 Å². The Kier molecular flexibility index (Phi) is 2.51. The van der Waals surface area contributed by atoms with E-state index in [4.69, 9.17) is 23.2 Å². The molecule has 0 radical (unpaired) electrons. The van der Waals surface area contributed by atoms with Gasteiger partial charge in [0.15, 0.2) is 0 Å². The summed E-state index contributed by atoms with van der Waals surface area (Å²) in [5, 5.41) is 23.4. The summed E-state index contributed by atoms with van der Waals surface area (Å²) < 4.78 is 0. The molecule has 0 heterocycles. The minimum Gasteiger partial charge on any atom is -0.507 e. The number of halogens is 2. The first-order valence-electron chi connectivity index (χ1n) is 5.30. The summed E-state index contributed by atoms with van der Waals surface area (Å²) >= 11 is 11.9. The van der Waals surface area contributed by atoms with Crippen molar-refractivity contribution in [2.24, 2.45) is 0 Å². The van der Waals surface area contributed by atoms with Crippen LogP contribution in [0.2, 0.25) is 10.0 Å². The third-order valence-corrected chi connectivity index (χ3v) is 3.69. The Labute approximate surface area is 113 Å². The molecule has 2 N–H and O–H groups in total. The molecule has 0 amide bonds. The number of fused-ring (bicyclic) bond motifs is 2. The summed E-state index contributed by atoms with van der Waals surface area (Å²) in [5.41, 5.74) is 0. The molecule has 18 heavy (non-hydrogen) atoms. The fourth-order valence-corrected chi connectivity index (χ4v) is 2.40. The van der Waals surface area contributed by atoms with E-state index in [9.17, 15) is 10.2 Å². The molecule has 0 aromatic heterocycles. The molecule has 0 saturated carbocycles. The van der Waals surface area contributed by atoms with Crippen molar-refractivity contribution in [3.05, 3.63) is 46.4 Å². The number of hydrogen-bond acceptors (Lipinski definition) is 2. The summed E-state index contributed by atoms with van der Waals surface area (Å²) in [7, 11) is 0. The molecule has 0 saturated heterocycles. The molecule has 3 aromatic rings. The van der Waals surface area contributed by atoms with Crippen molar-refractivity contribution in [3.63, 3.8) is 0 Å². The first-order chi connectivity index (χ1) is 8.56. The van der Waals surface area contributed by atoms with Gasteiger partial charge in [0.1, 0.15) is 11.5 Å². The predicted octanol–water partition coefficient (Wildman–Crippen LogP) is 4.71. The topological polar surface area (TPSA) is 40.5 Å².